The number of aromatic nitrogens is 2. The van der Waals surface area contributed by atoms with Crippen molar-refractivity contribution in [3.63, 3.8) is 0 Å². The standard InChI is InChI=1S/C14H22N4O3/c1-4-9(5-2)17(3)14(21)18-7-11-10(15-8-16-11)6-12(18)13(19)20/h8-9,12H,4-7H2,1-3H3,(H,15,16)(H,19,20). The van der Waals surface area contributed by atoms with Crippen LogP contribution in [0.2, 0.25) is 0 Å². The maximum atomic E-state index is 12.7. The Morgan fingerprint density at radius 2 is 2.19 bits per heavy atom. The number of fused-ring (bicyclic) bond motifs is 1. The van der Waals surface area contributed by atoms with E-state index in [9.17, 15) is 14.7 Å². The first-order valence-electron chi connectivity index (χ1n) is 7.26. The van der Waals surface area contributed by atoms with Crippen LogP contribution in [0.5, 0.6) is 0 Å². The lowest BCUT2D eigenvalue weighted by molar-refractivity contribution is -0.143. The summed E-state index contributed by atoms with van der Waals surface area (Å²) in [6, 6.07) is -0.975. The molecule has 2 heterocycles. The Morgan fingerprint density at radius 1 is 1.52 bits per heavy atom. The first kappa shape index (κ1) is 15.3. The third-order valence-corrected chi connectivity index (χ3v) is 4.22. The SMILES string of the molecule is CCC(CC)N(C)C(=O)N1Cc2[nH]cnc2CC1C(=O)O. The Hall–Kier alpha value is -2.05. The van der Waals surface area contributed by atoms with Crippen molar-refractivity contribution in [1.82, 2.24) is 19.8 Å². The summed E-state index contributed by atoms with van der Waals surface area (Å²) in [5.41, 5.74) is 1.55. The number of aliphatic carboxylic acids is 1. The zero-order valence-corrected chi connectivity index (χ0v) is 12.7. The van der Waals surface area contributed by atoms with Crippen LogP contribution < -0.4 is 0 Å². The Kier molecular flexibility index (Phi) is 4.50. The van der Waals surface area contributed by atoms with E-state index in [2.05, 4.69) is 9.97 Å². The molecule has 0 saturated carbocycles. The number of carbonyl (C=O) groups excluding carboxylic acids is 1. The number of imidazole rings is 1. The van der Waals surface area contributed by atoms with E-state index in [0.717, 1.165) is 24.2 Å². The van der Waals surface area contributed by atoms with Crippen LogP contribution in [0.15, 0.2) is 6.33 Å². The third kappa shape index (κ3) is 2.86. The molecular weight excluding hydrogens is 272 g/mol. The summed E-state index contributed by atoms with van der Waals surface area (Å²) in [5, 5.41) is 9.41. The van der Waals surface area contributed by atoms with Gasteiger partial charge in [0.15, 0.2) is 0 Å². The number of nitrogens with zero attached hydrogens (tertiary/aromatic N) is 3. The van der Waals surface area contributed by atoms with Crippen LogP contribution in [0.25, 0.3) is 0 Å². The van der Waals surface area contributed by atoms with Crippen LogP contribution in [-0.4, -0.2) is 56.0 Å². The summed E-state index contributed by atoms with van der Waals surface area (Å²) in [7, 11) is 1.74. The van der Waals surface area contributed by atoms with Gasteiger partial charge in [-0.1, -0.05) is 13.8 Å². The molecule has 1 atom stereocenters. The smallest absolute Gasteiger partial charge is 0.326 e. The minimum Gasteiger partial charge on any atom is -0.480 e. The zero-order chi connectivity index (χ0) is 15.6. The third-order valence-electron chi connectivity index (χ3n) is 4.22. The van der Waals surface area contributed by atoms with Gasteiger partial charge in [0.1, 0.15) is 6.04 Å². The molecule has 1 aliphatic rings. The molecule has 1 aromatic rings. The van der Waals surface area contributed by atoms with Crippen molar-refractivity contribution in [2.75, 3.05) is 7.05 Å². The predicted octanol–water partition coefficient (Wildman–Crippen LogP) is 1.46. The topological polar surface area (TPSA) is 89.5 Å². The van der Waals surface area contributed by atoms with Crippen LogP contribution in [0, 0.1) is 0 Å². The lowest BCUT2D eigenvalue weighted by Gasteiger charge is -2.37. The molecule has 116 valence electrons. The van der Waals surface area contributed by atoms with Crippen LogP contribution >= 0.6 is 0 Å². The first-order valence-corrected chi connectivity index (χ1v) is 7.26. The van der Waals surface area contributed by atoms with Gasteiger partial charge < -0.3 is 19.9 Å². The maximum Gasteiger partial charge on any atom is 0.326 e. The van der Waals surface area contributed by atoms with E-state index < -0.39 is 12.0 Å². The van der Waals surface area contributed by atoms with Gasteiger partial charge in [0.2, 0.25) is 0 Å². The number of H-pyrrole nitrogens is 1. The van der Waals surface area contributed by atoms with Gasteiger partial charge in [-0.15, -0.1) is 0 Å². The van der Waals surface area contributed by atoms with E-state index in [0.29, 0.717) is 0 Å². The van der Waals surface area contributed by atoms with E-state index in [1.807, 2.05) is 13.8 Å². The molecule has 1 aromatic heterocycles. The minimum absolute atomic E-state index is 0.120. The van der Waals surface area contributed by atoms with Gasteiger partial charge in [0.05, 0.1) is 24.3 Å². The van der Waals surface area contributed by atoms with Gasteiger partial charge in [-0.25, -0.2) is 14.6 Å². The molecule has 1 unspecified atom stereocenters. The number of hydrogen-bond donors (Lipinski definition) is 2. The second-order valence-electron chi connectivity index (χ2n) is 5.38. The molecule has 0 bridgehead atoms. The highest BCUT2D eigenvalue weighted by Gasteiger charge is 2.38. The highest BCUT2D eigenvalue weighted by atomic mass is 16.4. The highest BCUT2D eigenvalue weighted by Crippen LogP contribution is 2.23. The molecule has 0 spiro atoms. The van der Waals surface area contributed by atoms with E-state index in [4.69, 9.17) is 0 Å². The summed E-state index contributed by atoms with van der Waals surface area (Å²) in [6.07, 6.45) is 3.48. The summed E-state index contributed by atoms with van der Waals surface area (Å²) >= 11 is 0. The zero-order valence-electron chi connectivity index (χ0n) is 12.7. The Bertz CT molecular complexity index is 524. The van der Waals surface area contributed by atoms with Crippen molar-refractivity contribution in [2.24, 2.45) is 0 Å². The number of carboxylic acid groups (broad SMARTS) is 1. The monoisotopic (exact) mass is 294 g/mol. The summed E-state index contributed by atoms with van der Waals surface area (Å²) < 4.78 is 0. The Labute approximate surface area is 124 Å². The lowest BCUT2D eigenvalue weighted by atomic mass is 10.0. The molecule has 2 amide bonds. The van der Waals surface area contributed by atoms with Gasteiger partial charge in [0, 0.05) is 19.5 Å². The number of carboxylic acids is 1. The largest absolute Gasteiger partial charge is 0.480 e. The fraction of sp³-hybridized carbons (Fsp3) is 0.643. The molecule has 21 heavy (non-hydrogen) atoms. The average Bonchev–Trinajstić information content (AvgIpc) is 2.93. The van der Waals surface area contributed by atoms with Gasteiger partial charge in [-0.2, -0.15) is 0 Å². The molecule has 0 aliphatic carbocycles. The molecule has 2 rings (SSSR count). The molecule has 0 saturated heterocycles. The maximum absolute atomic E-state index is 12.7. The highest BCUT2D eigenvalue weighted by molar-refractivity contribution is 5.83. The van der Waals surface area contributed by atoms with Crippen LogP contribution in [0.1, 0.15) is 38.1 Å². The molecule has 0 fully saturated rings. The first-order chi connectivity index (χ1) is 9.99. The lowest BCUT2D eigenvalue weighted by Crippen LogP contribution is -2.54. The molecule has 7 nitrogen and oxygen atoms in total. The van der Waals surface area contributed by atoms with Crippen molar-refractivity contribution in [3.05, 3.63) is 17.7 Å². The predicted molar refractivity (Wildman–Crippen MR) is 76.8 cm³/mol. The Balaban J connectivity index is 2.23. The van der Waals surface area contributed by atoms with Crippen molar-refractivity contribution < 1.29 is 14.7 Å². The van der Waals surface area contributed by atoms with E-state index in [1.165, 1.54) is 4.90 Å². The number of rotatable bonds is 4. The second kappa shape index (κ2) is 6.15. The summed E-state index contributed by atoms with van der Waals surface area (Å²) in [5.74, 6) is -0.991. The van der Waals surface area contributed by atoms with Crippen LogP contribution in [-0.2, 0) is 17.8 Å². The average molecular weight is 294 g/mol. The van der Waals surface area contributed by atoms with Crippen molar-refractivity contribution in [1.29, 1.82) is 0 Å². The van der Waals surface area contributed by atoms with Gasteiger partial charge in [-0.05, 0) is 12.8 Å². The van der Waals surface area contributed by atoms with Gasteiger partial charge in [-0.3, -0.25) is 0 Å². The summed E-state index contributed by atoms with van der Waals surface area (Å²) in [4.78, 5) is 34.3. The fourth-order valence-corrected chi connectivity index (χ4v) is 2.85. The molecule has 0 radical (unpaired) electrons. The number of carbonyl (C=O) groups is 2. The van der Waals surface area contributed by atoms with Crippen LogP contribution in [0.3, 0.4) is 0 Å². The van der Waals surface area contributed by atoms with Crippen molar-refractivity contribution in [2.45, 2.75) is 51.7 Å². The molecule has 1 aliphatic heterocycles. The van der Waals surface area contributed by atoms with Gasteiger partial charge >= 0.3 is 12.0 Å². The summed E-state index contributed by atoms with van der Waals surface area (Å²) in [6.45, 7) is 4.31. The second-order valence-corrected chi connectivity index (χ2v) is 5.38. The van der Waals surface area contributed by atoms with Crippen molar-refractivity contribution >= 4 is 12.0 Å². The number of nitrogens with one attached hydrogen (secondary N) is 1. The van der Waals surface area contributed by atoms with E-state index in [-0.39, 0.29) is 25.0 Å². The van der Waals surface area contributed by atoms with Crippen molar-refractivity contribution in [3.8, 4) is 0 Å². The van der Waals surface area contributed by atoms with Crippen LogP contribution in [0.4, 0.5) is 4.79 Å². The molecule has 2 N–H and O–H groups in total. The normalized spacial score (nSPS) is 17.7. The number of hydrogen-bond acceptors (Lipinski definition) is 3. The minimum atomic E-state index is -0.991. The van der Waals surface area contributed by atoms with E-state index in [1.54, 1.807) is 18.3 Å². The number of amides is 2. The molecular formula is C14H22N4O3. The number of aromatic amines is 1. The molecule has 0 aromatic carbocycles. The molecule has 7 heteroatoms. The van der Waals surface area contributed by atoms with Gasteiger partial charge in [0.25, 0.3) is 0 Å². The number of urea groups is 1. The quantitative estimate of drug-likeness (QED) is 0.879. The Morgan fingerprint density at radius 3 is 2.76 bits per heavy atom. The fourth-order valence-electron chi connectivity index (χ4n) is 2.85. The van der Waals surface area contributed by atoms with E-state index >= 15 is 0 Å².